The summed E-state index contributed by atoms with van der Waals surface area (Å²) >= 11 is 0. The van der Waals surface area contributed by atoms with Crippen LogP contribution in [0, 0.1) is 16.7 Å². The molecule has 37 heavy (non-hydrogen) atoms. The average molecular weight is 497 g/mol. The highest BCUT2D eigenvalue weighted by Crippen LogP contribution is 2.56. The Morgan fingerprint density at radius 2 is 1.84 bits per heavy atom. The van der Waals surface area contributed by atoms with Crippen molar-refractivity contribution in [3.8, 4) is 11.8 Å². The Hall–Kier alpha value is -4.64. The van der Waals surface area contributed by atoms with Gasteiger partial charge in [-0.15, -0.1) is 0 Å². The Kier molecular flexibility index (Phi) is 6.14. The molecule has 0 unspecified atom stereocenters. The first-order chi connectivity index (χ1) is 17.9. The van der Waals surface area contributed by atoms with Crippen LogP contribution in [-0.4, -0.2) is 36.4 Å². The predicted octanol–water partition coefficient (Wildman–Crippen LogP) is 4.53. The maximum absolute atomic E-state index is 14.3. The van der Waals surface area contributed by atoms with Crippen molar-refractivity contribution in [1.82, 2.24) is 0 Å². The third-order valence-electron chi connectivity index (χ3n) is 6.86. The molecule has 0 amide bonds. The molecule has 4 atom stereocenters. The van der Waals surface area contributed by atoms with Gasteiger partial charge < -0.3 is 18.8 Å². The molecule has 0 saturated carbocycles. The minimum Gasteiger partial charge on any atom is -0.469 e. The van der Waals surface area contributed by atoms with Crippen molar-refractivity contribution in [2.45, 2.75) is 31.8 Å². The number of esters is 2. The van der Waals surface area contributed by atoms with Gasteiger partial charge in [0, 0.05) is 18.2 Å². The van der Waals surface area contributed by atoms with Gasteiger partial charge >= 0.3 is 11.9 Å². The standard InChI is InChI=1S/C29H24N2O6/c1-3-35-28(34)29(17-30)24-15-12-19-7-4-5-8-22(19)31(24)26(25(29)23-9-6-16-36-23)27(33)20-10-13-21(14-11-20)37-18(2)32/h4-16,24-26H,3H2,1-2H3/t24-,25+,26+,29+/m1/s1. The molecule has 0 bridgehead atoms. The number of furan rings is 1. The first-order valence-corrected chi connectivity index (χ1v) is 11.9. The summed E-state index contributed by atoms with van der Waals surface area (Å²) in [6.45, 7) is 3.05. The van der Waals surface area contributed by atoms with Crippen molar-refractivity contribution < 1.29 is 28.3 Å². The summed E-state index contributed by atoms with van der Waals surface area (Å²) in [5, 5.41) is 10.6. The molecule has 2 aliphatic rings. The van der Waals surface area contributed by atoms with Gasteiger partial charge in [-0.25, -0.2) is 0 Å². The molecule has 3 aromatic rings. The molecule has 2 aliphatic heterocycles. The number of nitriles is 1. The van der Waals surface area contributed by atoms with Crippen LogP contribution >= 0.6 is 0 Å². The Balaban J connectivity index is 1.71. The second-order valence-electron chi connectivity index (χ2n) is 8.89. The summed E-state index contributed by atoms with van der Waals surface area (Å²) in [4.78, 5) is 41.0. The second-order valence-corrected chi connectivity index (χ2v) is 8.89. The van der Waals surface area contributed by atoms with Crippen LogP contribution in [0.3, 0.4) is 0 Å². The van der Waals surface area contributed by atoms with Crippen molar-refractivity contribution in [2.75, 3.05) is 11.5 Å². The van der Waals surface area contributed by atoms with E-state index < -0.39 is 35.4 Å². The van der Waals surface area contributed by atoms with Gasteiger partial charge in [-0.2, -0.15) is 5.26 Å². The van der Waals surface area contributed by atoms with E-state index in [0.717, 1.165) is 11.3 Å². The van der Waals surface area contributed by atoms with Crippen LogP contribution in [0.25, 0.3) is 6.08 Å². The van der Waals surface area contributed by atoms with Crippen molar-refractivity contribution in [2.24, 2.45) is 5.41 Å². The number of carbonyl (C=O) groups is 3. The van der Waals surface area contributed by atoms with Gasteiger partial charge in [0.1, 0.15) is 17.6 Å². The molecule has 5 rings (SSSR count). The summed E-state index contributed by atoms with van der Waals surface area (Å²) in [6, 6.07) is 17.6. The Labute approximate surface area is 213 Å². The fraction of sp³-hybridized carbons (Fsp3) is 0.241. The summed E-state index contributed by atoms with van der Waals surface area (Å²) < 4.78 is 16.3. The zero-order valence-corrected chi connectivity index (χ0v) is 20.3. The van der Waals surface area contributed by atoms with E-state index in [4.69, 9.17) is 13.9 Å². The third-order valence-corrected chi connectivity index (χ3v) is 6.86. The predicted molar refractivity (Wildman–Crippen MR) is 134 cm³/mol. The number of para-hydroxylation sites is 1. The van der Waals surface area contributed by atoms with E-state index in [1.807, 2.05) is 35.2 Å². The number of ketones is 1. The van der Waals surface area contributed by atoms with E-state index in [2.05, 4.69) is 6.07 Å². The van der Waals surface area contributed by atoms with Crippen LogP contribution in [0.1, 0.15) is 41.4 Å². The van der Waals surface area contributed by atoms with Gasteiger partial charge in [0.15, 0.2) is 11.2 Å². The van der Waals surface area contributed by atoms with Gasteiger partial charge in [-0.05, 0) is 55.0 Å². The fourth-order valence-electron chi connectivity index (χ4n) is 5.42. The zero-order chi connectivity index (χ0) is 26.2. The molecule has 3 heterocycles. The molecule has 8 nitrogen and oxygen atoms in total. The molecule has 8 heteroatoms. The van der Waals surface area contributed by atoms with Crippen LogP contribution in [0.15, 0.2) is 77.4 Å². The Bertz CT molecular complexity index is 1420. The van der Waals surface area contributed by atoms with Crippen LogP contribution in [0.5, 0.6) is 5.75 Å². The van der Waals surface area contributed by atoms with Gasteiger partial charge in [0.25, 0.3) is 0 Å². The van der Waals surface area contributed by atoms with E-state index in [-0.39, 0.29) is 12.4 Å². The minimum absolute atomic E-state index is 0.0797. The SMILES string of the molecule is CCOC(=O)[C@]1(C#N)[C@@H](c2ccco2)[C@@H](C(=O)c2ccc(OC(C)=O)cc2)N2c3ccccc3C=C[C@@H]21. The molecular formula is C29H24N2O6. The van der Waals surface area contributed by atoms with Crippen LogP contribution in [-0.2, 0) is 14.3 Å². The lowest BCUT2D eigenvalue weighted by Crippen LogP contribution is -2.47. The minimum atomic E-state index is -1.75. The second kappa shape index (κ2) is 9.43. The molecule has 0 spiro atoms. The van der Waals surface area contributed by atoms with E-state index in [9.17, 15) is 19.6 Å². The molecule has 0 radical (unpaired) electrons. The first kappa shape index (κ1) is 24.1. The lowest BCUT2D eigenvalue weighted by atomic mass is 9.70. The Morgan fingerprint density at radius 3 is 2.49 bits per heavy atom. The Morgan fingerprint density at radius 1 is 1.08 bits per heavy atom. The number of benzene rings is 2. The third kappa shape index (κ3) is 3.80. The zero-order valence-electron chi connectivity index (χ0n) is 20.3. The molecule has 1 aromatic heterocycles. The van der Waals surface area contributed by atoms with Crippen LogP contribution in [0.2, 0.25) is 0 Å². The van der Waals surface area contributed by atoms with E-state index in [0.29, 0.717) is 17.1 Å². The molecular weight excluding hydrogens is 472 g/mol. The number of nitrogens with zero attached hydrogens (tertiary/aromatic N) is 2. The molecule has 2 aromatic carbocycles. The van der Waals surface area contributed by atoms with Crippen molar-refractivity contribution >= 4 is 29.5 Å². The molecule has 0 N–H and O–H groups in total. The summed E-state index contributed by atoms with van der Waals surface area (Å²) in [5.41, 5.74) is 0.164. The summed E-state index contributed by atoms with van der Waals surface area (Å²) in [5.74, 6) is -1.82. The van der Waals surface area contributed by atoms with Crippen LogP contribution in [0.4, 0.5) is 5.69 Å². The van der Waals surface area contributed by atoms with Crippen molar-refractivity contribution in [1.29, 1.82) is 5.26 Å². The maximum atomic E-state index is 14.3. The lowest BCUT2D eigenvalue weighted by molar-refractivity contribution is -0.152. The lowest BCUT2D eigenvalue weighted by Gasteiger charge is -2.36. The molecule has 186 valence electrons. The van der Waals surface area contributed by atoms with Crippen LogP contribution < -0.4 is 9.64 Å². The molecule has 1 fully saturated rings. The highest BCUT2D eigenvalue weighted by Gasteiger charge is 2.68. The number of Topliss-reactive ketones (excluding diaryl/α,β-unsaturated/α-hetero) is 1. The highest BCUT2D eigenvalue weighted by molar-refractivity contribution is 6.06. The van der Waals surface area contributed by atoms with E-state index in [1.54, 1.807) is 37.3 Å². The number of carbonyl (C=O) groups excluding carboxylic acids is 3. The average Bonchev–Trinajstić information content (AvgIpc) is 3.53. The highest BCUT2D eigenvalue weighted by atomic mass is 16.5. The largest absolute Gasteiger partial charge is 0.469 e. The number of ether oxygens (including phenoxy) is 2. The fourth-order valence-corrected chi connectivity index (χ4v) is 5.42. The van der Waals surface area contributed by atoms with Gasteiger partial charge in [0.05, 0.1) is 30.9 Å². The number of hydrogen-bond donors (Lipinski definition) is 0. The summed E-state index contributed by atoms with van der Waals surface area (Å²) in [6.07, 6.45) is 5.11. The van der Waals surface area contributed by atoms with Gasteiger partial charge in [-0.3, -0.25) is 14.4 Å². The normalized spacial score (nSPS) is 23.5. The molecule has 0 aliphatic carbocycles. The maximum Gasteiger partial charge on any atom is 0.329 e. The molecule has 1 saturated heterocycles. The number of anilines is 1. The van der Waals surface area contributed by atoms with E-state index >= 15 is 0 Å². The monoisotopic (exact) mass is 496 g/mol. The van der Waals surface area contributed by atoms with Crippen molar-refractivity contribution in [3.63, 3.8) is 0 Å². The first-order valence-electron chi connectivity index (χ1n) is 11.9. The van der Waals surface area contributed by atoms with Gasteiger partial charge in [-0.1, -0.05) is 30.4 Å². The van der Waals surface area contributed by atoms with Gasteiger partial charge in [0.2, 0.25) is 0 Å². The van der Waals surface area contributed by atoms with Crippen molar-refractivity contribution in [3.05, 3.63) is 89.9 Å². The number of rotatable bonds is 6. The summed E-state index contributed by atoms with van der Waals surface area (Å²) in [7, 11) is 0. The topological polar surface area (TPSA) is 110 Å². The number of fused-ring (bicyclic) bond motifs is 3. The number of hydrogen-bond acceptors (Lipinski definition) is 8. The smallest absolute Gasteiger partial charge is 0.329 e. The van der Waals surface area contributed by atoms with E-state index in [1.165, 1.54) is 25.3 Å². The quantitative estimate of drug-likeness (QED) is 0.278.